The SMILES string of the molecule is O=C(/N=C1/CC[C@@H](C(=O)NCc2ccccc2)N(Cc2ccccc2)C1)c1ccc2[nH]nc(-c3ccncc3)c2c1. The molecule has 8 heteroatoms. The van der Waals surface area contributed by atoms with E-state index in [1.54, 1.807) is 18.5 Å². The minimum atomic E-state index is -0.307. The highest BCUT2D eigenvalue weighted by atomic mass is 16.2. The van der Waals surface area contributed by atoms with Gasteiger partial charge in [-0.2, -0.15) is 5.10 Å². The number of rotatable bonds is 7. The number of aromatic amines is 1. The third-order valence-electron chi connectivity index (χ3n) is 7.40. The van der Waals surface area contributed by atoms with Crippen LogP contribution in [0.3, 0.4) is 0 Å². The van der Waals surface area contributed by atoms with Gasteiger partial charge in [0.15, 0.2) is 0 Å². The van der Waals surface area contributed by atoms with Crippen LogP contribution in [-0.2, 0) is 17.9 Å². The molecule has 1 aliphatic heterocycles. The third kappa shape index (κ3) is 6.13. The highest BCUT2D eigenvalue weighted by Crippen LogP contribution is 2.27. The second-order valence-electron chi connectivity index (χ2n) is 10.2. The standard InChI is InChI=1S/C33H30N6O2/c40-32(26-11-13-29-28(19-26)31(38-37-29)25-15-17-34-18-16-25)36-27-12-14-30(33(41)35-20-23-7-3-1-4-8-23)39(22-27)21-24-9-5-2-6-10-24/h1-11,13,15-19,30H,12,14,20-22H2,(H,35,41)(H,37,38)/b36-27-/t30-/m0/s1. The van der Waals surface area contributed by atoms with Crippen LogP contribution in [0.5, 0.6) is 0 Å². The molecule has 0 aliphatic carbocycles. The van der Waals surface area contributed by atoms with Crippen molar-refractivity contribution in [3.05, 3.63) is 120 Å². The maximum Gasteiger partial charge on any atom is 0.276 e. The Labute approximate surface area is 238 Å². The van der Waals surface area contributed by atoms with Gasteiger partial charge < -0.3 is 5.32 Å². The number of H-pyrrole nitrogens is 1. The number of hydrogen-bond donors (Lipinski definition) is 2. The first-order valence-electron chi connectivity index (χ1n) is 13.7. The summed E-state index contributed by atoms with van der Waals surface area (Å²) < 4.78 is 0. The van der Waals surface area contributed by atoms with Gasteiger partial charge in [0.05, 0.1) is 11.6 Å². The molecule has 0 spiro atoms. The number of nitrogens with one attached hydrogen (secondary N) is 2. The van der Waals surface area contributed by atoms with Crippen molar-refractivity contribution in [3.63, 3.8) is 0 Å². The summed E-state index contributed by atoms with van der Waals surface area (Å²) in [6.07, 6.45) is 4.61. The summed E-state index contributed by atoms with van der Waals surface area (Å²) in [5.74, 6) is -0.306. The van der Waals surface area contributed by atoms with Crippen LogP contribution >= 0.6 is 0 Å². The molecule has 3 aromatic carbocycles. The molecule has 1 atom stereocenters. The Hall–Kier alpha value is -4.95. The summed E-state index contributed by atoms with van der Waals surface area (Å²) >= 11 is 0. The van der Waals surface area contributed by atoms with Crippen LogP contribution in [0, 0.1) is 0 Å². The summed E-state index contributed by atoms with van der Waals surface area (Å²) in [6, 6.07) is 28.9. The normalized spacial score (nSPS) is 16.6. The first-order valence-corrected chi connectivity index (χ1v) is 13.7. The summed E-state index contributed by atoms with van der Waals surface area (Å²) in [6.45, 7) is 1.51. The molecule has 0 unspecified atom stereocenters. The molecule has 0 radical (unpaired) electrons. The maximum atomic E-state index is 13.3. The van der Waals surface area contributed by atoms with E-state index in [2.05, 4.69) is 42.5 Å². The highest BCUT2D eigenvalue weighted by molar-refractivity contribution is 6.07. The van der Waals surface area contributed by atoms with Gasteiger partial charge in [-0.3, -0.25) is 24.6 Å². The number of piperidine rings is 1. The lowest BCUT2D eigenvalue weighted by Gasteiger charge is -2.35. The van der Waals surface area contributed by atoms with Gasteiger partial charge in [0.1, 0.15) is 5.69 Å². The number of fused-ring (bicyclic) bond motifs is 1. The predicted molar refractivity (Wildman–Crippen MR) is 159 cm³/mol. The van der Waals surface area contributed by atoms with Gasteiger partial charge in [0, 0.05) is 54.3 Å². The molecule has 2 N–H and O–H groups in total. The van der Waals surface area contributed by atoms with Crippen molar-refractivity contribution < 1.29 is 9.59 Å². The Morgan fingerprint density at radius 1 is 0.927 bits per heavy atom. The zero-order valence-electron chi connectivity index (χ0n) is 22.5. The van der Waals surface area contributed by atoms with Gasteiger partial charge >= 0.3 is 0 Å². The van der Waals surface area contributed by atoms with E-state index in [-0.39, 0.29) is 17.9 Å². The lowest BCUT2D eigenvalue weighted by Crippen LogP contribution is -2.51. The number of carbonyl (C=O) groups excluding carboxylic acids is 2. The fourth-order valence-electron chi connectivity index (χ4n) is 5.27. The summed E-state index contributed by atoms with van der Waals surface area (Å²) in [5.41, 5.74) is 5.97. The van der Waals surface area contributed by atoms with Crippen molar-refractivity contribution in [2.45, 2.75) is 32.0 Å². The van der Waals surface area contributed by atoms with Gasteiger partial charge in [0.2, 0.25) is 5.91 Å². The fraction of sp³-hybridized carbons (Fsp3) is 0.182. The zero-order valence-corrected chi connectivity index (χ0v) is 22.5. The minimum absolute atomic E-state index is 0.00999. The quantitative estimate of drug-likeness (QED) is 0.295. The number of aliphatic imine (C=N–C) groups is 1. The number of pyridine rings is 1. The topological polar surface area (TPSA) is 103 Å². The van der Waals surface area contributed by atoms with Gasteiger partial charge in [-0.05, 0) is 54.3 Å². The van der Waals surface area contributed by atoms with Gasteiger partial charge in [0.25, 0.3) is 5.91 Å². The third-order valence-corrected chi connectivity index (χ3v) is 7.40. The molecule has 1 fully saturated rings. The molecule has 5 aromatic rings. The number of nitrogens with zero attached hydrogens (tertiary/aromatic N) is 4. The van der Waals surface area contributed by atoms with Crippen molar-refractivity contribution in [1.82, 2.24) is 25.4 Å². The molecule has 1 aliphatic rings. The first kappa shape index (κ1) is 26.3. The van der Waals surface area contributed by atoms with Crippen molar-refractivity contribution >= 4 is 28.4 Å². The molecular weight excluding hydrogens is 512 g/mol. The number of likely N-dealkylation sites (tertiary alicyclic amines) is 1. The molecule has 0 bridgehead atoms. The summed E-state index contributed by atoms with van der Waals surface area (Å²) in [5, 5.41) is 11.4. The number of aromatic nitrogens is 3. The molecule has 41 heavy (non-hydrogen) atoms. The van der Waals surface area contributed by atoms with Gasteiger partial charge in [-0.1, -0.05) is 60.7 Å². The smallest absolute Gasteiger partial charge is 0.276 e. The van der Waals surface area contributed by atoms with E-state index in [0.29, 0.717) is 38.0 Å². The van der Waals surface area contributed by atoms with Crippen molar-refractivity contribution in [2.75, 3.05) is 6.54 Å². The molecule has 204 valence electrons. The van der Waals surface area contributed by atoms with E-state index in [9.17, 15) is 9.59 Å². The van der Waals surface area contributed by atoms with Gasteiger partial charge in [-0.15, -0.1) is 0 Å². The second kappa shape index (κ2) is 12.1. The monoisotopic (exact) mass is 542 g/mol. The van der Waals surface area contributed by atoms with E-state index in [0.717, 1.165) is 39.0 Å². The van der Waals surface area contributed by atoms with Crippen molar-refractivity contribution in [1.29, 1.82) is 0 Å². The van der Waals surface area contributed by atoms with Crippen LogP contribution in [0.4, 0.5) is 0 Å². The molecule has 2 amide bonds. The van der Waals surface area contributed by atoms with E-state index >= 15 is 0 Å². The summed E-state index contributed by atoms with van der Waals surface area (Å²) in [4.78, 5) is 37.4. The maximum absolute atomic E-state index is 13.3. The van der Waals surface area contributed by atoms with Gasteiger partial charge in [-0.25, -0.2) is 4.99 Å². The number of hydrogen-bond acceptors (Lipinski definition) is 5. The Balaban J connectivity index is 1.21. The van der Waals surface area contributed by atoms with Crippen LogP contribution in [0.1, 0.15) is 34.3 Å². The molecule has 1 saturated heterocycles. The van der Waals surface area contributed by atoms with Crippen molar-refractivity contribution in [3.8, 4) is 11.3 Å². The Morgan fingerprint density at radius 2 is 1.66 bits per heavy atom. The molecule has 6 rings (SSSR count). The van der Waals surface area contributed by atoms with E-state index in [1.807, 2.05) is 72.8 Å². The van der Waals surface area contributed by atoms with Crippen LogP contribution in [-0.4, -0.2) is 50.2 Å². The molecule has 0 saturated carbocycles. The predicted octanol–water partition coefficient (Wildman–Crippen LogP) is 5.19. The van der Waals surface area contributed by atoms with Crippen molar-refractivity contribution in [2.24, 2.45) is 4.99 Å². The molecule has 3 heterocycles. The van der Waals surface area contributed by atoms with Crippen LogP contribution in [0.15, 0.2) is 108 Å². The fourth-order valence-corrected chi connectivity index (χ4v) is 5.27. The van der Waals surface area contributed by atoms with Crippen LogP contribution < -0.4 is 5.32 Å². The molecule has 8 nitrogen and oxygen atoms in total. The second-order valence-corrected chi connectivity index (χ2v) is 10.2. The van der Waals surface area contributed by atoms with E-state index in [4.69, 9.17) is 0 Å². The Bertz CT molecular complexity index is 1680. The zero-order chi connectivity index (χ0) is 28.0. The first-order chi connectivity index (χ1) is 20.1. The highest BCUT2D eigenvalue weighted by Gasteiger charge is 2.31. The lowest BCUT2D eigenvalue weighted by molar-refractivity contribution is -0.127. The average molecular weight is 543 g/mol. The van der Waals surface area contributed by atoms with E-state index in [1.165, 1.54) is 0 Å². The Morgan fingerprint density at radius 3 is 2.41 bits per heavy atom. The van der Waals surface area contributed by atoms with Crippen LogP contribution in [0.2, 0.25) is 0 Å². The number of benzene rings is 3. The Kier molecular flexibility index (Phi) is 7.73. The minimum Gasteiger partial charge on any atom is -0.351 e. The summed E-state index contributed by atoms with van der Waals surface area (Å²) in [7, 11) is 0. The number of carbonyl (C=O) groups is 2. The number of amides is 2. The average Bonchev–Trinajstić information content (AvgIpc) is 3.45. The van der Waals surface area contributed by atoms with E-state index < -0.39 is 0 Å². The largest absolute Gasteiger partial charge is 0.351 e. The molecular formula is C33H30N6O2. The lowest BCUT2D eigenvalue weighted by atomic mass is 9.98. The molecule has 2 aromatic heterocycles. The van der Waals surface area contributed by atoms with Crippen LogP contribution in [0.25, 0.3) is 22.2 Å².